The summed E-state index contributed by atoms with van der Waals surface area (Å²) >= 11 is 1.70. The smallest absolute Gasteiger partial charge is 0.236 e. The van der Waals surface area contributed by atoms with Crippen LogP contribution in [-0.4, -0.2) is 66.5 Å². The van der Waals surface area contributed by atoms with E-state index in [2.05, 4.69) is 20.2 Å². The lowest BCUT2D eigenvalue weighted by atomic mass is 10.3. The normalized spacial score (nSPS) is 16.8. The van der Waals surface area contributed by atoms with Crippen molar-refractivity contribution >= 4 is 22.4 Å². The Morgan fingerprint density at radius 1 is 1.40 bits per heavy atom. The van der Waals surface area contributed by atoms with E-state index in [0.717, 1.165) is 37.0 Å². The Morgan fingerprint density at radius 3 is 2.55 bits per heavy atom. The van der Waals surface area contributed by atoms with Gasteiger partial charge < -0.3 is 9.80 Å². The number of hydrogen-bond donors (Lipinski definition) is 0. The fraction of sp³-hybridized carbons (Fsp3) is 0.714. The van der Waals surface area contributed by atoms with E-state index in [-0.39, 0.29) is 11.9 Å². The largest absolute Gasteiger partial charge is 0.346 e. The SMILES string of the molecule is Cc1csc(N2CCN(CC(=O)N(C)C(C)C)CC2)n1. The number of aromatic nitrogens is 1. The molecule has 0 aromatic carbocycles. The summed E-state index contributed by atoms with van der Waals surface area (Å²) in [5.74, 6) is 0.207. The van der Waals surface area contributed by atoms with Crippen LogP contribution in [0.4, 0.5) is 5.13 Å². The van der Waals surface area contributed by atoms with Crippen molar-refractivity contribution < 1.29 is 4.79 Å². The third-order valence-corrected chi connectivity index (χ3v) is 4.80. The van der Waals surface area contributed by atoms with Crippen LogP contribution in [0.15, 0.2) is 5.38 Å². The van der Waals surface area contributed by atoms with Crippen molar-refractivity contribution in [2.24, 2.45) is 0 Å². The van der Waals surface area contributed by atoms with Crippen LogP contribution in [-0.2, 0) is 4.79 Å². The van der Waals surface area contributed by atoms with Crippen molar-refractivity contribution in [3.8, 4) is 0 Å². The summed E-state index contributed by atoms with van der Waals surface area (Å²) in [5, 5.41) is 3.19. The van der Waals surface area contributed by atoms with Gasteiger partial charge in [0, 0.05) is 44.6 Å². The molecule has 1 aromatic heterocycles. The Hall–Kier alpha value is -1.14. The molecule has 0 radical (unpaired) electrons. The van der Waals surface area contributed by atoms with Crippen LogP contribution >= 0.6 is 11.3 Å². The molecule has 0 atom stereocenters. The topological polar surface area (TPSA) is 39.7 Å². The maximum atomic E-state index is 12.1. The molecule has 2 heterocycles. The van der Waals surface area contributed by atoms with Gasteiger partial charge >= 0.3 is 0 Å². The lowest BCUT2D eigenvalue weighted by Gasteiger charge is -2.35. The fourth-order valence-electron chi connectivity index (χ4n) is 2.17. The highest BCUT2D eigenvalue weighted by molar-refractivity contribution is 7.13. The summed E-state index contributed by atoms with van der Waals surface area (Å²) in [6, 6.07) is 0.266. The third-order valence-electron chi connectivity index (χ3n) is 3.78. The van der Waals surface area contributed by atoms with E-state index < -0.39 is 0 Å². The van der Waals surface area contributed by atoms with E-state index in [1.807, 2.05) is 32.7 Å². The number of hydrogen-bond acceptors (Lipinski definition) is 5. The molecular weight excluding hydrogens is 272 g/mol. The number of piperazine rings is 1. The van der Waals surface area contributed by atoms with Crippen LogP contribution in [0.5, 0.6) is 0 Å². The molecule has 1 aliphatic heterocycles. The van der Waals surface area contributed by atoms with Crippen molar-refractivity contribution in [3.05, 3.63) is 11.1 Å². The molecule has 1 aromatic rings. The Bertz CT molecular complexity index is 452. The van der Waals surface area contributed by atoms with Crippen molar-refractivity contribution in [2.45, 2.75) is 26.8 Å². The molecule has 1 aliphatic rings. The number of likely N-dealkylation sites (N-methyl/N-ethyl adjacent to an activating group) is 1. The van der Waals surface area contributed by atoms with Crippen molar-refractivity contribution in [1.29, 1.82) is 0 Å². The Labute approximate surface area is 125 Å². The Balaban J connectivity index is 1.81. The molecule has 112 valence electrons. The Kier molecular flexibility index (Phi) is 4.99. The predicted octanol–water partition coefficient (Wildman–Crippen LogP) is 1.44. The molecule has 0 saturated carbocycles. The molecule has 6 heteroatoms. The first kappa shape index (κ1) is 15.3. The number of amides is 1. The molecule has 0 spiro atoms. The molecule has 5 nitrogen and oxygen atoms in total. The highest BCUT2D eigenvalue weighted by Gasteiger charge is 2.22. The quantitative estimate of drug-likeness (QED) is 0.843. The predicted molar refractivity (Wildman–Crippen MR) is 83.4 cm³/mol. The Morgan fingerprint density at radius 2 is 2.05 bits per heavy atom. The first-order valence-electron chi connectivity index (χ1n) is 7.12. The lowest BCUT2D eigenvalue weighted by molar-refractivity contribution is -0.132. The minimum atomic E-state index is 0.207. The van der Waals surface area contributed by atoms with Gasteiger partial charge in [-0.25, -0.2) is 4.98 Å². The van der Waals surface area contributed by atoms with Crippen LogP contribution in [0.2, 0.25) is 0 Å². The number of anilines is 1. The van der Waals surface area contributed by atoms with E-state index >= 15 is 0 Å². The molecule has 1 fully saturated rings. The second-order valence-electron chi connectivity index (χ2n) is 5.63. The highest BCUT2D eigenvalue weighted by atomic mass is 32.1. The van der Waals surface area contributed by atoms with Gasteiger partial charge in [-0.3, -0.25) is 9.69 Å². The molecular formula is C14H24N4OS. The van der Waals surface area contributed by atoms with E-state index in [9.17, 15) is 4.79 Å². The van der Waals surface area contributed by atoms with Gasteiger partial charge in [-0.05, 0) is 20.8 Å². The van der Waals surface area contributed by atoms with Crippen LogP contribution in [0, 0.1) is 6.92 Å². The van der Waals surface area contributed by atoms with Crippen molar-refractivity contribution in [3.63, 3.8) is 0 Å². The van der Waals surface area contributed by atoms with Crippen molar-refractivity contribution in [2.75, 3.05) is 44.7 Å². The number of rotatable bonds is 4. The molecule has 0 aliphatic carbocycles. The highest BCUT2D eigenvalue weighted by Crippen LogP contribution is 2.21. The second kappa shape index (κ2) is 6.54. The minimum absolute atomic E-state index is 0.207. The maximum Gasteiger partial charge on any atom is 0.236 e. The van der Waals surface area contributed by atoms with E-state index in [1.54, 1.807) is 11.3 Å². The average molecular weight is 296 g/mol. The van der Waals surface area contributed by atoms with Gasteiger partial charge in [0.2, 0.25) is 5.91 Å². The summed E-state index contributed by atoms with van der Waals surface area (Å²) < 4.78 is 0. The summed E-state index contributed by atoms with van der Waals surface area (Å²) in [6.45, 7) is 10.4. The van der Waals surface area contributed by atoms with Gasteiger partial charge in [0.15, 0.2) is 5.13 Å². The van der Waals surface area contributed by atoms with Gasteiger partial charge in [0.25, 0.3) is 0 Å². The lowest BCUT2D eigenvalue weighted by Crippen LogP contribution is -2.50. The second-order valence-corrected chi connectivity index (χ2v) is 6.47. The van der Waals surface area contributed by atoms with Gasteiger partial charge in [-0.2, -0.15) is 0 Å². The van der Waals surface area contributed by atoms with Gasteiger partial charge in [-0.15, -0.1) is 11.3 Å². The van der Waals surface area contributed by atoms with E-state index in [1.165, 1.54) is 0 Å². The number of carbonyl (C=O) groups is 1. The monoisotopic (exact) mass is 296 g/mol. The standard InChI is InChI=1S/C14H24N4OS/c1-11(2)16(4)13(19)9-17-5-7-18(8-6-17)14-15-12(3)10-20-14/h10-11H,5-9H2,1-4H3. The number of aryl methyl sites for hydroxylation is 1. The van der Waals surface area contributed by atoms with Crippen molar-refractivity contribution in [1.82, 2.24) is 14.8 Å². The number of thiazole rings is 1. The first-order chi connectivity index (χ1) is 9.47. The molecule has 20 heavy (non-hydrogen) atoms. The van der Waals surface area contributed by atoms with Crippen LogP contribution in [0.1, 0.15) is 19.5 Å². The van der Waals surface area contributed by atoms with Crippen LogP contribution in [0.25, 0.3) is 0 Å². The van der Waals surface area contributed by atoms with Crippen LogP contribution in [0.3, 0.4) is 0 Å². The minimum Gasteiger partial charge on any atom is -0.346 e. The van der Waals surface area contributed by atoms with E-state index in [4.69, 9.17) is 0 Å². The molecule has 1 amide bonds. The van der Waals surface area contributed by atoms with Gasteiger partial charge in [0.05, 0.1) is 12.2 Å². The maximum absolute atomic E-state index is 12.1. The zero-order valence-corrected chi connectivity index (χ0v) is 13.6. The molecule has 0 bridgehead atoms. The third kappa shape index (κ3) is 3.70. The van der Waals surface area contributed by atoms with Gasteiger partial charge in [-0.1, -0.05) is 0 Å². The first-order valence-corrected chi connectivity index (χ1v) is 8.00. The van der Waals surface area contributed by atoms with E-state index in [0.29, 0.717) is 6.54 Å². The van der Waals surface area contributed by atoms with Crippen LogP contribution < -0.4 is 4.90 Å². The summed E-state index contributed by atoms with van der Waals surface area (Å²) in [7, 11) is 1.88. The zero-order chi connectivity index (χ0) is 14.7. The molecule has 0 N–H and O–H groups in total. The number of carbonyl (C=O) groups excluding carboxylic acids is 1. The van der Waals surface area contributed by atoms with Gasteiger partial charge in [0.1, 0.15) is 0 Å². The summed E-state index contributed by atoms with van der Waals surface area (Å²) in [6.07, 6.45) is 0. The fourth-order valence-corrected chi connectivity index (χ4v) is 3.03. The summed E-state index contributed by atoms with van der Waals surface area (Å²) in [4.78, 5) is 23.0. The summed E-state index contributed by atoms with van der Waals surface area (Å²) in [5.41, 5.74) is 1.08. The molecule has 2 rings (SSSR count). The number of nitrogens with zero attached hydrogens (tertiary/aromatic N) is 4. The average Bonchev–Trinajstić information content (AvgIpc) is 2.85. The molecule has 1 saturated heterocycles. The zero-order valence-electron chi connectivity index (χ0n) is 12.8. The molecule has 0 unspecified atom stereocenters.